The zero-order chi connectivity index (χ0) is 13.2. The highest BCUT2D eigenvalue weighted by Gasteiger charge is 2.16. The molecule has 2 aromatic carbocycles. The predicted molar refractivity (Wildman–Crippen MR) is 79.5 cm³/mol. The lowest BCUT2D eigenvalue weighted by Crippen LogP contribution is -2.28. The Bertz CT molecular complexity index is 708. The number of fused-ring (bicyclic) bond motifs is 1. The highest BCUT2D eigenvalue weighted by Crippen LogP contribution is 2.27. The maximum absolute atomic E-state index is 5.66. The van der Waals surface area contributed by atoms with Crippen molar-refractivity contribution < 1.29 is 4.42 Å². The van der Waals surface area contributed by atoms with Crippen molar-refractivity contribution in [1.82, 2.24) is 5.43 Å². The summed E-state index contributed by atoms with van der Waals surface area (Å²) in [5.41, 5.74) is 3.87. The Labute approximate surface area is 119 Å². The monoisotopic (exact) mass is 316 g/mol. The van der Waals surface area contributed by atoms with Crippen LogP contribution < -0.4 is 11.3 Å². The van der Waals surface area contributed by atoms with Crippen molar-refractivity contribution in [2.24, 2.45) is 5.84 Å². The fourth-order valence-electron chi connectivity index (χ4n) is 2.21. The molecule has 1 unspecified atom stereocenters. The van der Waals surface area contributed by atoms with Crippen molar-refractivity contribution in [2.45, 2.75) is 6.04 Å². The highest BCUT2D eigenvalue weighted by atomic mass is 79.9. The quantitative estimate of drug-likeness (QED) is 0.571. The van der Waals surface area contributed by atoms with E-state index in [1.54, 1.807) is 0 Å². The van der Waals surface area contributed by atoms with Gasteiger partial charge in [0.25, 0.3) is 0 Å². The zero-order valence-electron chi connectivity index (χ0n) is 10.1. The van der Waals surface area contributed by atoms with Crippen LogP contribution in [0.4, 0.5) is 0 Å². The van der Waals surface area contributed by atoms with E-state index in [1.807, 2.05) is 24.3 Å². The summed E-state index contributed by atoms with van der Waals surface area (Å²) in [4.78, 5) is 0. The Hall–Kier alpha value is -1.62. The highest BCUT2D eigenvalue weighted by molar-refractivity contribution is 9.10. The summed E-state index contributed by atoms with van der Waals surface area (Å²) in [5.74, 6) is 6.45. The Morgan fingerprint density at radius 2 is 1.79 bits per heavy atom. The number of rotatable bonds is 3. The number of benzene rings is 2. The molecule has 0 bridgehead atoms. The van der Waals surface area contributed by atoms with E-state index in [4.69, 9.17) is 10.3 Å². The molecule has 96 valence electrons. The minimum atomic E-state index is -0.157. The molecule has 0 saturated heterocycles. The van der Waals surface area contributed by atoms with E-state index in [1.165, 1.54) is 10.8 Å². The van der Waals surface area contributed by atoms with Crippen molar-refractivity contribution >= 4 is 26.7 Å². The van der Waals surface area contributed by atoms with Crippen molar-refractivity contribution in [2.75, 3.05) is 0 Å². The van der Waals surface area contributed by atoms with E-state index in [9.17, 15) is 0 Å². The van der Waals surface area contributed by atoms with Crippen molar-refractivity contribution in [3.8, 4) is 0 Å². The van der Waals surface area contributed by atoms with E-state index in [0.29, 0.717) is 4.67 Å². The second kappa shape index (κ2) is 5.17. The molecule has 3 N–H and O–H groups in total. The second-order valence-electron chi connectivity index (χ2n) is 4.35. The van der Waals surface area contributed by atoms with Crippen LogP contribution in [0.15, 0.2) is 63.7 Å². The van der Waals surface area contributed by atoms with Gasteiger partial charge in [0.2, 0.25) is 0 Å². The lowest BCUT2D eigenvalue weighted by molar-refractivity contribution is 0.437. The standard InChI is InChI=1S/C15H13BrN2O/c16-14-8-7-13(19-14)15(18-17)12-6-5-10-3-1-2-4-11(10)9-12/h1-9,15,18H,17H2. The van der Waals surface area contributed by atoms with Crippen LogP contribution in [0.5, 0.6) is 0 Å². The lowest BCUT2D eigenvalue weighted by atomic mass is 10.0. The summed E-state index contributed by atoms with van der Waals surface area (Å²) in [6.07, 6.45) is 0. The van der Waals surface area contributed by atoms with Gasteiger partial charge in [-0.1, -0.05) is 36.4 Å². The van der Waals surface area contributed by atoms with Crippen LogP contribution in [0, 0.1) is 0 Å². The van der Waals surface area contributed by atoms with Crippen LogP contribution >= 0.6 is 15.9 Å². The molecule has 0 aliphatic rings. The van der Waals surface area contributed by atoms with Gasteiger partial charge in [0.05, 0.1) is 0 Å². The summed E-state index contributed by atoms with van der Waals surface area (Å²) >= 11 is 3.31. The summed E-state index contributed by atoms with van der Waals surface area (Å²) in [6, 6.07) is 18.1. The summed E-state index contributed by atoms with van der Waals surface area (Å²) < 4.78 is 6.27. The summed E-state index contributed by atoms with van der Waals surface area (Å²) in [5, 5.41) is 2.40. The minimum Gasteiger partial charge on any atom is -0.452 e. The van der Waals surface area contributed by atoms with Gasteiger partial charge in [-0.3, -0.25) is 5.84 Å². The first kappa shape index (κ1) is 12.4. The van der Waals surface area contributed by atoms with Crippen LogP contribution in [-0.4, -0.2) is 0 Å². The third-order valence-electron chi connectivity index (χ3n) is 3.15. The molecule has 0 saturated carbocycles. The first-order chi connectivity index (χ1) is 9.28. The van der Waals surface area contributed by atoms with E-state index in [0.717, 1.165) is 11.3 Å². The molecule has 0 aliphatic carbocycles. The molecule has 0 fully saturated rings. The van der Waals surface area contributed by atoms with Gasteiger partial charge in [0, 0.05) is 0 Å². The van der Waals surface area contributed by atoms with Crippen LogP contribution in [0.25, 0.3) is 10.8 Å². The van der Waals surface area contributed by atoms with Crippen LogP contribution in [0.3, 0.4) is 0 Å². The number of nitrogens with one attached hydrogen (secondary N) is 1. The normalized spacial score (nSPS) is 12.7. The second-order valence-corrected chi connectivity index (χ2v) is 5.13. The fraction of sp³-hybridized carbons (Fsp3) is 0.0667. The van der Waals surface area contributed by atoms with Crippen molar-refractivity contribution in [3.63, 3.8) is 0 Å². The first-order valence-corrected chi connectivity index (χ1v) is 6.77. The lowest BCUT2D eigenvalue weighted by Gasteiger charge is -2.14. The first-order valence-electron chi connectivity index (χ1n) is 5.98. The molecule has 3 nitrogen and oxygen atoms in total. The van der Waals surface area contributed by atoms with E-state index >= 15 is 0 Å². The van der Waals surface area contributed by atoms with E-state index < -0.39 is 0 Å². The molecule has 0 radical (unpaired) electrons. The number of hydrazine groups is 1. The van der Waals surface area contributed by atoms with Gasteiger partial charge in [-0.2, -0.15) is 0 Å². The average molecular weight is 317 g/mol. The third kappa shape index (κ3) is 2.42. The van der Waals surface area contributed by atoms with Gasteiger partial charge in [0.15, 0.2) is 4.67 Å². The molecule has 1 aromatic heterocycles. The van der Waals surface area contributed by atoms with Crippen molar-refractivity contribution in [1.29, 1.82) is 0 Å². The molecule has 0 spiro atoms. The van der Waals surface area contributed by atoms with Gasteiger partial charge in [-0.25, -0.2) is 5.43 Å². The maximum atomic E-state index is 5.66. The minimum absolute atomic E-state index is 0.157. The average Bonchev–Trinajstić information content (AvgIpc) is 2.86. The Morgan fingerprint density at radius 3 is 2.47 bits per heavy atom. The number of halogens is 1. The molecule has 0 aliphatic heterocycles. The molecule has 4 heteroatoms. The number of hydrogen-bond donors (Lipinski definition) is 2. The summed E-state index contributed by atoms with van der Waals surface area (Å²) in [6.45, 7) is 0. The molecular weight excluding hydrogens is 304 g/mol. The molecular formula is C15H13BrN2O. The number of nitrogens with two attached hydrogens (primary N) is 1. The van der Waals surface area contributed by atoms with Gasteiger partial charge in [-0.15, -0.1) is 0 Å². The number of hydrogen-bond acceptors (Lipinski definition) is 3. The largest absolute Gasteiger partial charge is 0.452 e. The SMILES string of the molecule is NNC(c1ccc2ccccc2c1)c1ccc(Br)o1. The van der Waals surface area contributed by atoms with Crippen LogP contribution in [0.2, 0.25) is 0 Å². The van der Waals surface area contributed by atoms with E-state index in [-0.39, 0.29) is 6.04 Å². The molecule has 0 amide bonds. The topological polar surface area (TPSA) is 51.2 Å². The summed E-state index contributed by atoms with van der Waals surface area (Å²) in [7, 11) is 0. The molecule has 1 atom stereocenters. The van der Waals surface area contributed by atoms with Crippen LogP contribution in [-0.2, 0) is 0 Å². The molecule has 1 heterocycles. The van der Waals surface area contributed by atoms with Gasteiger partial charge in [-0.05, 0) is 50.5 Å². The van der Waals surface area contributed by atoms with Gasteiger partial charge in [0.1, 0.15) is 11.8 Å². The molecule has 3 aromatic rings. The Kier molecular flexibility index (Phi) is 3.38. The Morgan fingerprint density at radius 1 is 1.00 bits per heavy atom. The Balaban J connectivity index is 2.06. The van der Waals surface area contributed by atoms with E-state index in [2.05, 4.69) is 51.7 Å². The predicted octanol–water partition coefficient (Wildman–Crippen LogP) is 3.75. The molecule has 3 rings (SSSR count). The number of furan rings is 1. The smallest absolute Gasteiger partial charge is 0.169 e. The van der Waals surface area contributed by atoms with Gasteiger partial charge < -0.3 is 4.42 Å². The van der Waals surface area contributed by atoms with Crippen molar-refractivity contribution in [3.05, 3.63) is 70.6 Å². The fourth-order valence-corrected chi connectivity index (χ4v) is 2.53. The van der Waals surface area contributed by atoms with Gasteiger partial charge >= 0.3 is 0 Å². The molecule has 19 heavy (non-hydrogen) atoms. The zero-order valence-corrected chi connectivity index (χ0v) is 11.7. The maximum Gasteiger partial charge on any atom is 0.169 e. The third-order valence-corrected chi connectivity index (χ3v) is 3.58. The van der Waals surface area contributed by atoms with Crippen LogP contribution in [0.1, 0.15) is 17.4 Å².